The highest BCUT2D eigenvalue weighted by Gasteiger charge is 2.45. The number of rotatable bonds is 5. The van der Waals surface area contributed by atoms with E-state index in [1.54, 1.807) is 0 Å². The highest BCUT2D eigenvalue weighted by molar-refractivity contribution is 4.96. The van der Waals surface area contributed by atoms with E-state index in [2.05, 4.69) is 6.92 Å². The second-order valence-corrected chi connectivity index (χ2v) is 6.56. The van der Waals surface area contributed by atoms with Gasteiger partial charge in [0, 0.05) is 0 Å². The van der Waals surface area contributed by atoms with E-state index in [0.717, 1.165) is 18.4 Å². The van der Waals surface area contributed by atoms with E-state index in [-0.39, 0.29) is 6.23 Å². The molecule has 2 fully saturated rings. The van der Waals surface area contributed by atoms with Crippen LogP contribution in [0.2, 0.25) is 0 Å². The van der Waals surface area contributed by atoms with Crippen molar-refractivity contribution in [2.24, 2.45) is 23.0 Å². The summed E-state index contributed by atoms with van der Waals surface area (Å²) >= 11 is 0. The molecule has 0 radical (unpaired) electrons. The van der Waals surface area contributed by atoms with E-state index in [0.29, 0.717) is 5.41 Å². The van der Waals surface area contributed by atoms with Crippen LogP contribution in [0, 0.1) is 17.3 Å². The first-order chi connectivity index (χ1) is 8.13. The topological polar surface area (TPSA) is 35.2 Å². The van der Waals surface area contributed by atoms with E-state index in [4.69, 9.17) is 10.5 Å². The lowest BCUT2D eigenvalue weighted by Crippen LogP contribution is -2.42. The molecule has 17 heavy (non-hydrogen) atoms. The molecule has 2 nitrogen and oxygen atoms in total. The Balaban J connectivity index is 1.74. The maximum absolute atomic E-state index is 5.66. The maximum atomic E-state index is 5.66. The molecular weight excluding hydrogens is 210 g/mol. The van der Waals surface area contributed by atoms with Crippen molar-refractivity contribution in [2.75, 3.05) is 6.61 Å². The lowest BCUT2D eigenvalue weighted by molar-refractivity contribution is -0.0420. The summed E-state index contributed by atoms with van der Waals surface area (Å²) in [5.74, 6) is 1.81. The average Bonchev–Trinajstić information content (AvgIpc) is 2.25. The van der Waals surface area contributed by atoms with Gasteiger partial charge in [-0.05, 0) is 56.3 Å². The summed E-state index contributed by atoms with van der Waals surface area (Å²) in [4.78, 5) is 0. The minimum absolute atomic E-state index is 0.0953. The molecule has 2 saturated carbocycles. The van der Waals surface area contributed by atoms with Gasteiger partial charge >= 0.3 is 0 Å². The average molecular weight is 239 g/mol. The molecule has 100 valence electrons. The zero-order valence-corrected chi connectivity index (χ0v) is 11.6. The summed E-state index contributed by atoms with van der Waals surface area (Å²) < 4.78 is 5.60. The fourth-order valence-corrected chi connectivity index (χ4v) is 4.16. The van der Waals surface area contributed by atoms with Crippen LogP contribution in [0.1, 0.15) is 65.2 Å². The molecule has 0 aliphatic heterocycles. The van der Waals surface area contributed by atoms with Crippen molar-refractivity contribution in [3.8, 4) is 0 Å². The lowest BCUT2D eigenvalue weighted by Gasteiger charge is -2.52. The zero-order chi connectivity index (χ0) is 12.3. The van der Waals surface area contributed by atoms with Crippen LogP contribution in [0.25, 0.3) is 0 Å². The number of ether oxygens (including phenoxy) is 1. The predicted octanol–water partition coefficient (Wildman–Crippen LogP) is 3.69. The largest absolute Gasteiger partial charge is 0.364 e. The summed E-state index contributed by atoms with van der Waals surface area (Å²) in [7, 11) is 0. The summed E-state index contributed by atoms with van der Waals surface area (Å²) in [6.07, 6.45) is 11.3. The fraction of sp³-hybridized carbons (Fsp3) is 1.00. The molecule has 0 bridgehead atoms. The second-order valence-electron chi connectivity index (χ2n) is 6.56. The van der Waals surface area contributed by atoms with Gasteiger partial charge in [-0.3, -0.25) is 0 Å². The van der Waals surface area contributed by atoms with E-state index >= 15 is 0 Å². The van der Waals surface area contributed by atoms with E-state index in [9.17, 15) is 0 Å². The summed E-state index contributed by atoms with van der Waals surface area (Å²) in [5, 5.41) is 0. The maximum Gasteiger partial charge on any atom is 0.102 e. The zero-order valence-electron chi connectivity index (χ0n) is 11.6. The molecule has 0 aromatic heterocycles. The first-order valence-corrected chi connectivity index (χ1v) is 7.51. The van der Waals surface area contributed by atoms with Crippen molar-refractivity contribution in [1.82, 2.24) is 0 Å². The highest BCUT2D eigenvalue weighted by atomic mass is 16.5. The molecule has 0 aromatic carbocycles. The molecule has 0 amide bonds. The van der Waals surface area contributed by atoms with Crippen LogP contribution < -0.4 is 5.73 Å². The highest BCUT2D eigenvalue weighted by Crippen LogP contribution is 2.57. The monoisotopic (exact) mass is 239 g/mol. The SMILES string of the molecule is CCCC1CC2(CCC[C@@H](COC(C)N)C2)C1. The molecule has 2 aliphatic carbocycles. The van der Waals surface area contributed by atoms with E-state index in [1.165, 1.54) is 51.4 Å². The van der Waals surface area contributed by atoms with Gasteiger partial charge in [0.05, 0.1) is 6.61 Å². The van der Waals surface area contributed by atoms with Crippen LogP contribution in [0.4, 0.5) is 0 Å². The van der Waals surface area contributed by atoms with Crippen molar-refractivity contribution in [3.63, 3.8) is 0 Å². The van der Waals surface area contributed by atoms with Crippen molar-refractivity contribution in [1.29, 1.82) is 0 Å². The van der Waals surface area contributed by atoms with Gasteiger partial charge in [-0.2, -0.15) is 0 Å². The Bertz CT molecular complexity index is 233. The second kappa shape index (κ2) is 5.71. The third-order valence-electron chi connectivity index (χ3n) is 4.78. The Kier molecular flexibility index (Phi) is 4.48. The first kappa shape index (κ1) is 13.4. The summed E-state index contributed by atoms with van der Waals surface area (Å²) in [6.45, 7) is 5.13. The molecule has 2 N–H and O–H groups in total. The molecule has 2 aliphatic rings. The summed E-state index contributed by atoms with van der Waals surface area (Å²) in [5.41, 5.74) is 6.38. The first-order valence-electron chi connectivity index (χ1n) is 7.51. The predicted molar refractivity (Wildman–Crippen MR) is 71.6 cm³/mol. The molecule has 1 spiro atoms. The number of nitrogens with two attached hydrogens (primary N) is 1. The lowest BCUT2D eigenvalue weighted by atomic mass is 9.53. The van der Waals surface area contributed by atoms with Gasteiger partial charge in [-0.1, -0.05) is 26.2 Å². The van der Waals surface area contributed by atoms with Crippen LogP contribution in [-0.4, -0.2) is 12.8 Å². The Morgan fingerprint density at radius 2 is 2.00 bits per heavy atom. The Morgan fingerprint density at radius 3 is 2.65 bits per heavy atom. The van der Waals surface area contributed by atoms with Gasteiger partial charge in [0.2, 0.25) is 0 Å². The van der Waals surface area contributed by atoms with Gasteiger partial charge in [0.1, 0.15) is 6.23 Å². The third kappa shape index (κ3) is 3.45. The van der Waals surface area contributed by atoms with Gasteiger partial charge in [0.25, 0.3) is 0 Å². The normalized spacial score (nSPS) is 39.0. The van der Waals surface area contributed by atoms with Gasteiger partial charge in [-0.25, -0.2) is 0 Å². The van der Waals surface area contributed by atoms with Crippen molar-refractivity contribution < 1.29 is 4.74 Å². The van der Waals surface area contributed by atoms with Crippen molar-refractivity contribution >= 4 is 0 Å². The minimum atomic E-state index is -0.0953. The van der Waals surface area contributed by atoms with Crippen LogP contribution >= 0.6 is 0 Å². The van der Waals surface area contributed by atoms with Crippen LogP contribution in [0.3, 0.4) is 0 Å². The number of hydrogen-bond donors (Lipinski definition) is 1. The molecule has 2 heteroatoms. The van der Waals surface area contributed by atoms with Crippen LogP contribution in [-0.2, 0) is 4.74 Å². The van der Waals surface area contributed by atoms with E-state index < -0.39 is 0 Å². The molecule has 0 saturated heterocycles. The standard InChI is InChI=1S/C15H29NO/c1-3-5-13-8-15(9-13)7-4-6-14(10-15)11-17-12(2)16/h12-14H,3-11,16H2,1-2H3/t12?,13?,14-,15?/m1/s1. The smallest absolute Gasteiger partial charge is 0.102 e. The van der Waals surface area contributed by atoms with Gasteiger partial charge < -0.3 is 10.5 Å². The van der Waals surface area contributed by atoms with Crippen LogP contribution in [0.15, 0.2) is 0 Å². The summed E-state index contributed by atoms with van der Waals surface area (Å²) in [6, 6.07) is 0. The van der Waals surface area contributed by atoms with E-state index in [1.807, 2.05) is 6.92 Å². The quantitative estimate of drug-likeness (QED) is 0.743. The van der Waals surface area contributed by atoms with Gasteiger partial charge in [0.15, 0.2) is 0 Å². The Hall–Kier alpha value is -0.0800. The van der Waals surface area contributed by atoms with Crippen LogP contribution in [0.5, 0.6) is 0 Å². The molecule has 0 aromatic rings. The Morgan fingerprint density at radius 1 is 1.29 bits per heavy atom. The minimum Gasteiger partial charge on any atom is -0.364 e. The van der Waals surface area contributed by atoms with Crippen molar-refractivity contribution in [3.05, 3.63) is 0 Å². The molecule has 2 atom stereocenters. The Labute approximate surface area is 106 Å². The van der Waals surface area contributed by atoms with Crippen molar-refractivity contribution in [2.45, 2.75) is 71.4 Å². The molecule has 0 heterocycles. The fourth-order valence-electron chi connectivity index (χ4n) is 4.16. The van der Waals surface area contributed by atoms with Gasteiger partial charge in [-0.15, -0.1) is 0 Å². The molecular formula is C15H29NO. The molecule has 1 unspecified atom stereocenters. The number of hydrogen-bond acceptors (Lipinski definition) is 2. The molecule has 2 rings (SSSR count). The third-order valence-corrected chi connectivity index (χ3v) is 4.78.